The maximum Gasteiger partial charge on any atom is 0.133 e. The maximum atomic E-state index is 11.3. The number of nitrogens with zero attached hydrogens (tertiary/aromatic N) is 2. The molecule has 0 saturated heterocycles. The third kappa shape index (κ3) is 2.73. The molecule has 94 valence electrons. The van der Waals surface area contributed by atoms with Crippen molar-refractivity contribution in [2.75, 3.05) is 11.9 Å². The van der Waals surface area contributed by atoms with Gasteiger partial charge in [0.25, 0.3) is 0 Å². The molecule has 1 aliphatic carbocycles. The molecule has 2 rings (SSSR count). The van der Waals surface area contributed by atoms with Crippen LogP contribution in [0.1, 0.15) is 31.2 Å². The van der Waals surface area contributed by atoms with Crippen LogP contribution >= 0.6 is 15.9 Å². The molecule has 18 heavy (non-hydrogen) atoms. The first kappa shape index (κ1) is 13.1. The summed E-state index contributed by atoms with van der Waals surface area (Å²) in [4.78, 5) is 13.5. The molecule has 0 heterocycles. The van der Waals surface area contributed by atoms with Crippen molar-refractivity contribution >= 4 is 27.4 Å². The van der Waals surface area contributed by atoms with Crippen LogP contribution in [-0.4, -0.2) is 18.9 Å². The number of nitriles is 1. The van der Waals surface area contributed by atoms with Gasteiger partial charge in [-0.05, 0) is 47.0 Å². The van der Waals surface area contributed by atoms with E-state index in [1.54, 1.807) is 0 Å². The van der Waals surface area contributed by atoms with Gasteiger partial charge in [-0.15, -0.1) is 0 Å². The molecule has 1 aliphatic rings. The molecular weight excluding hydrogens is 292 g/mol. The lowest BCUT2D eigenvalue weighted by Gasteiger charge is -2.33. The number of rotatable bonds is 2. The van der Waals surface area contributed by atoms with Gasteiger partial charge in [0.2, 0.25) is 0 Å². The number of halogens is 1. The van der Waals surface area contributed by atoms with Gasteiger partial charge in [0.1, 0.15) is 5.78 Å². The van der Waals surface area contributed by atoms with Crippen LogP contribution in [-0.2, 0) is 4.79 Å². The van der Waals surface area contributed by atoms with Crippen LogP contribution in [0.5, 0.6) is 0 Å². The van der Waals surface area contributed by atoms with Gasteiger partial charge in [-0.2, -0.15) is 5.26 Å². The van der Waals surface area contributed by atoms with E-state index in [2.05, 4.69) is 26.9 Å². The topological polar surface area (TPSA) is 44.1 Å². The molecule has 1 saturated carbocycles. The molecule has 0 aromatic heterocycles. The number of anilines is 1. The fraction of sp³-hybridized carbons (Fsp3) is 0.429. The quantitative estimate of drug-likeness (QED) is 0.842. The Morgan fingerprint density at radius 1 is 1.39 bits per heavy atom. The summed E-state index contributed by atoms with van der Waals surface area (Å²) in [6, 6.07) is 8.15. The van der Waals surface area contributed by atoms with Crippen molar-refractivity contribution in [1.29, 1.82) is 5.26 Å². The molecule has 0 unspecified atom stereocenters. The highest BCUT2D eigenvalue weighted by Crippen LogP contribution is 2.31. The van der Waals surface area contributed by atoms with Crippen molar-refractivity contribution in [3.05, 3.63) is 28.2 Å². The molecular formula is C14H15BrN2O. The summed E-state index contributed by atoms with van der Waals surface area (Å²) in [5, 5.41) is 8.85. The zero-order valence-corrected chi connectivity index (χ0v) is 11.9. The second-order valence-corrected chi connectivity index (χ2v) is 5.51. The fourth-order valence-electron chi connectivity index (χ4n) is 2.37. The monoisotopic (exact) mass is 306 g/mol. The summed E-state index contributed by atoms with van der Waals surface area (Å²) in [6.07, 6.45) is 3.20. The van der Waals surface area contributed by atoms with Gasteiger partial charge in [-0.25, -0.2) is 0 Å². The first-order chi connectivity index (χ1) is 8.61. The van der Waals surface area contributed by atoms with E-state index in [1.807, 2.05) is 25.2 Å². The maximum absolute atomic E-state index is 11.3. The predicted octanol–water partition coefficient (Wildman–Crippen LogP) is 3.27. The lowest BCUT2D eigenvalue weighted by atomic mass is 9.93. The lowest BCUT2D eigenvalue weighted by molar-refractivity contribution is -0.120. The van der Waals surface area contributed by atoms with Crippen molar-refractivity contribution in [2.45, 2.75) is 31.7 Å². The number of Topliss-reactive ketones (excluding diaryl/α,β-unsaturated/α-hetero) is 1. The third-order valence-corrected chi connectivity index (χ3v) is 4.15. The predicted molar refractivity (Wildman–Crippen MR) is 74.5 cm³/mol. The molecule has 3 nitrogen and oxygen atoms in total. The van der Waals surface area contributed by atoms with Gasteiger partial charge in [0, 0.05) is 30.4 Å². The van der Waals surface area contributed by atoms with E-state index in [-0.39, 0.29) is 0 Å². The second-order valence-electron chi connectivity index (χ2n) is 4.66. The minimum absolute atomic E-state index is 0.374. The molecule has 4 heteroatoms. The summed E-state index contributed by atoms with van der Waals surface area (Å²) < 4.78 is 0.931. The van der Waals surface area contributed by atoms with E-state index in [0.717, 1.165) is 23.0 Å². The van der Waals surface area contributed by atoms with E-state index in [9.17, 15) is 4.79 Å². The van der Waals surface area contributed by atoms with Crippen LogP contribution in [0, 0.1) is 11.3 Å². The number of carbonyl (C=O) groups is 1. The summed E-state index contributed by atoms with van der Waals surface area (Å²) in [7, 11) is 2.05. The van der Waals surface area contributed by atoms with Crippen LogP contribution in [0.25, 0.3) is 0 Å². The first-order valence-electron chi connectivity index (χ1n) is 6.06. The zero-order valence-electron chi connectivity index (χ0n) is 10.3. The van der Waals surface area contributed by atoms with Crippen LogP contribution in [0.4, 0.5) is 5.69 Å². The van der Waals surface area contributed by atoms with E-state index in [0.29, 0.717) is 30.2 Å². The summed E-state index contributed by atoms with van der Waals surface area (Å²) in [5.74, 6) is 0.374. The van der Waals surface area contributed by atoms with Gasteiger partial charge < -0.3 is 4.90 Å². The van der Waals surface area contributed by atoms with Crippen molar-refractivity contribution < 1.29 is 4.79 Å². The van der Waals surface area contributed by atoms with Gasteiger partial charge in [0.15, 0.2) is 0 Å². The summed E-state index contributed by atoms with van der Waals surface area (Å²) >= 11 is 3.51. The Morgan fingerprint density at radius 2 is 2.06 bits per heavy atom. The molecule has 0 amide bonds. The average Bonchev–Trinajstić information content (AvgIpc) is 2.38. The molecule has 0 aliphatic heterocycles. The molecule has 1 aromatic rings. The number of benzene rings is 1. The molecule has 0 bridgehead atoms. The SMILES string of the molecule is CN(c1ccc(C#N)cc1Br)C1CCC(=O)CC1. The van der Waals surface area contributed by atoms with Gasteiger partial charge in [-0.3, -0.25) is 4.79 Å². The molecule has 0 radical (unpaired) electrons. The average molecular weight is 307 g/mol. The van der Waals surface area contributed by atoms with Crippen molar-refractivity contribution in [2.24, 2.45) is 0 Å². The van der Waals surface area contributed by atoms with Gasteiger partial charge in [-0.1, -0.05) is 0 Å². The van der Waals surface area contributed by atoms with Crippen LogP contribution in [0.15, 0.2) is 22.7 Å². The molecule has 1 fully saturated rings. The van der Waals surface area contributed by atoms with E-state index in [4.69, 9.17) is 5.26 Å². The Labute approximate surface area is 116 Å². The minimum atomic E-state index is 0.374. The number of ketones is 1. The first-order valence-corrected chi connectivity index (χ1v) is 6.85. The Hall–Kier alpha value is -1.34. The van der Waals surface area contributed by atoms with Gasteiger partial charge in [0.05, 0.1) is 17.3 Å². The highest BCUT2D eigenvalue weighted by molar-refractivity contribution is 9.10. The molecule has 1 aromatic carbocycles. The lowest BCUT2D eigenvalue weighted by Crippen LogP contribution is -2.35. The van der Waals surface area contributed by atoms with Crippen molar-refractivity contribution in [3.63, 3.8) is 0 Å². The molecule has 0 spiro atoms. The zero-order chi connectivity index (χ0) is 13.1. The smallest absolute Gasteiger partial charge is 0.133 e. The van der Waals surface area contributed by atoms with Crippen molar-refractivity contribution in [3.8, 4) is 6.07 Å². The third-order valence-electron chi connectivity index (χ3n) is 3.52. The Bertz CT molecular complexity index is 497. The van der Waals surface area contributed by atoms with Crippen LogP contribution in [0.3, 0.4) is 0 Å². The normalized spacial score (nSPS) is 16.4. The Morgan fingerprint density at radius 3 is 2.61 bits per heavy atom. The molecule has 0 N–H and O–H groups in total. The van der Waals surface area contributed by atoms with E-state index < -0.39 is 0 Å². The van der Waals surface area contributed by atoms with E-state index >= 15 is 0 Å². The van der Waals surface area contributed by atoms with Crippen molar-refractivity contribution in [1.82, 2.24) is 0 Å². The number of carbonyl (C=O) groups excluding carboxylic acids is 1. The van der Waals surface area contributed by atoms with Crippen LogP contribution < -0.4 is 4.90 Å². The van der Waals surface area contributed by atoms with Crippen LogP contribution in [0.2, 0.25) is 0 Å². The van der Waals surface area contributed by atoms with E-state index in [1.165, 1.54) is 0 Å². The number of hydrogen-bond acceptors (Lipinski definition) is 3. The number of hydrogen-bond donors (Lipinski definition) is 0. The second kappa shape index (κ2) is 5.53. The standard InChI is InChI=1S/C14H15BrN2O/c1-17(11-3-5-12(18)6-4-11)14-7-2-10(9-16)8-13(14)15/h2,7-8,11H,3-6H2,1H3. The Balaban J connectivity index is 2.16. The minimum Gasteiger partial charge on any atom is -0.371 e. The largest absolute Gasteiger partial charge is 0.371 e. The highest BCUT2D eigenvalue weighted by atomic mass is 79.9. The summed E-state index contributed by atoms with van der Waals surface area (Å²) in [5.41, 5.74) is 1.73. The molecule has 0 atom stereocenters. The van der Waals surface area contributed by atoms with Gasteiger partial charge >= 0.3 is 0 Å². The fourth-order valence-corrected chi connectivity index (χ4v) is 3.03. The summed E-state index contributed by atoms with van der Waals surface area (Å²) in [6.45, 7) is 0. The highest BCUT2D eigenvalue weighted by Gasteiger charge is 2.23. The Kier molecular flexibility index (Phi) is 4.03.